The van der Waals surface area contributed by atoms with Gasteiger partial charge in [-0.3, -0.25) is 14.4 Å². The second-order valence-electron chi connectivity index (χ2n) is 4.19. The Kier molecular flexibility index (Phi) is 5.23. The van der Waals surface area contributed by atoms with Crippen molar-refractivity contribution in [3.8, 4) is 0 Å². The third-order valence-electron chi connectivity index (χ3n) is 2.87. The number of methoxy groups -OCH3 is 1. The molecular weight excluding hydrogens is 246 g/mol. The smallest absolute Gasteiger partial charge is 0.308 e. The van der Waals surface area contributed by atoms with Gasteiger partial charge in [0.1, 0.15) is 6.04 Å². The summed E-state index contributed by atoms with van der Waals surface area (Å²) in [6.07, 6.45) is -0.138. The summed E-state index contributed by atoms with van der Waals surface area (Å²) in [7, 11) is 2.75. The number of carbonyl (C=O) groups is 3. The first-order valence-corrected chi connectivity index (χ1v) is 5.86. The number of amides is 1. The second kappa shape index (κ2) is 6.68. The van der Waals surface area contributed by atoms with E-state index in [-0.39, 0.29) is 18.1 Å². The molecule has 102 valence electrons. The summed E-state index contributed by atoms with van der Waals surface area (Å²) in [6.45, 7) is 1.35. The summed E-state index contributed by atoms with van der Waals surface area (Å²) in [5, 5.41) is 0. The van der Waals surface area contributed by atoms with E-state index in [0.29, 0.717) is 5.56 Å². The molecule has 0 bridgehead atoms. The molecule has 0 spiro atoms. The first-order valence-electron chi connectivity index (χ1n) is 5.86. The molecule has 0 saturated carbocycles. The molecule has 1 aromatic rings. The lowest BCUT2D eigenvalue weighted by atomic mass is 10.1. The molecule has 0 radical (unpaired) electrons. The van der Waals surface area contributed by atoms with Crippen molar-refractivity contribution in [1.29, 1.82) is 0 Å². The zero-order valence-corrected chi connectivity index (χ0v) is 11.3. The van der Waals surface area contributed by atoms with Gasteiger partial charge >= 0.3 is 5.97 Å². The van der Waals surface area contributed by atoms with Gasteiger partial charge in [-0.25, -0.2) is 0 Å². The highest BCUT2D eigenvalue weighted by atomic mass is 16.5. The Labute approximate surface area is 112 Å². The minimum absolute atomic E-state index is 0.138. The van der Waals surface area contributed by atoms with Crippen molar-refractivity contribution in [2.45, 2.75) is 19.4 Å². The van der Waals surface area contributed by atoms with Crippen molar-refractivity contribution in [2.24, 2.45) is 0 Å². The lowest BCUT2D eigenvalue weighted by Crippen LogP contribution is -2.43. The fraction of sp³-hybridized carbons (Fsp3) is 0.357. The van der Waals surface area contributed by atoms with Crippen LogP contribution in [-0.4, -0.2) is 42.8 Å². The highest BCUT2D eigenvalue weighted by Crippen LogP contribution is 2.10. The van der Waals surface area contributed by atoms with E-state index >= 15 is 0 Å². The van der Waals surface area contributed by atoms with Crippen LogP contribution < -0.4 is 0 Å². The Morgan fingerprint density at radius 1 is 1.21 bits per heavy atom. The van der Waals surface area contributed by atoms with Crippen LogP contribution in [0.1, 0.15) is 23.7 Å². The number of benzene rings is 1. The van der Waals surface area contributed by atoms with E-state index in [1.807, 2.05) is 0 Å². The Balaban J connectivity index is 2.88. The molecule has 0 aromatic heterocycles. The number of hydrogen-bond acceptors (Lipinski definition) is 4. The van der Waals surface area contributed by atoms with E-state index in [2.05, 4.69) is 4.74 Å². The van der Waals surface area contributed by atoms with E-state index in [1.54, 1.807) is 30.3 Å². The van der Waals surface area contributed by atoms with Crippen LogP contribution in [0, 0.1) is 0 Å². The fourth-order valence-corrected chi connectivity index (χ4v) is 1.72. The van der Waals surface area contributed by atoms with Crippen LogP contribution in [0.15, 0.2) is 30.3 Å². The Morgan fingerprint density at radius 3 is 2.26 bits per heavy atom. The lowest BCUT2D eigenvalue weighted by Gasteiger charge is -2.25. The molecule has 19 heavy (non-hydrogen) atoms. The van der Waals surface area contributed by atoms with Gasteiger partial charge in [0.05, 0.1) is 13.5 Å². The third kappa shape index (κ3) is 3.91. The van der Waals surface area contributed by atoms with E-state index in [1.165, 1.54) is 26.0 Å². The highest BCUT2D eigenvalue weighted by molar-refractivity contribution is 5.98. The molecule has 0 saturated heterocycles. The van der Waals surface area contributed by atoms with Gasteiger partial charge in [-0.15, -0.1) is 0 Å². The van der Waals surface area contributed by atoms with Crippen molar-refractivity contribution >= 4 is 17.7 Å². The normalized spacial score (nSPS) is 11.5. The molecule has 0 aliphatic carbocycles. The van der Waals surface area contributed by atoms with Gasteiger partial charge in [-0.2, -0.15) is 0 Å². The summed E-state index contributed by atoms with van der Waals surface area (Å²) < 4.78 is 4.54. The molecule has 1 aromatic carbocycles. The maximum Gasteiger partial charge on any atom is 0.308 e. The van der Waals surface area contributed by atoms with Gasteiger partial charge in [0.25, 0.3) is 5.91 Å². The van der Waals surface area contributed by atoms with Gasteiger partial charge in [0.2, 0.25) is 0 Å². The zero-order valence-electron chi connectivity index (χ0n) is 11.3. The topological polar surface area (TPSA) is 63.7 Å². The molecule has 0 heterocycles. The predicted molar refractivity (Wildman–Crippen MR) is 69.6 cm³/mol. The predicted octanol–water partition coefficient (Wildman–Crippen LogP) is 1.28. The largest absolute Gasteiger partial charge is 0.469 e. The number of nitrogens with zero attached hydrogens (tertiary/aromatic N) is 1. The zero-order chi connectivity index (χ0) is 14.4. The van der Waals surface area contributed by atoms with Crippen LogP contribution >= 0.6 is 0 Å². The summed E-state index contributed by atoms with van der Waals surface area (Å²) in [6, 6.07) is 7.80. The van der Waals surface area contributed by atoms with Gasteiger partial charge in [-0.05, 0) is 19.1 Å². The molecular formula is C14H17NO4. The molecule has 0 aliphatic heterocycles. The second-order valence-corrected chi connectivity index (χ2v) is 4.19. The van der Waals surface area contributed by atoms with Gasteiger partial charge in [0.15, 0.2) is 5.78 Å². The number of rotatable bonds is 5. The lowest BCUT2D eigenvalue weighted by molar-refractivity contribution is -0.143. The van der Waals surface area contributed by atoms with Gasteiger partial charge < -0.3 is 9.64 Å². The summed E-state index contributed by atoms with van der Waals surface area (Å²) in [5.74, 6) is -1.07. The van der Waals surface area contributed by atoms with Gasteiger partial charge in [0, 0.05) is 12.6 Å². The van der Waals surface area contributed by atoms with E-state index in [4.69, 9.17) is 0 Å². The van der Waals surface area contributed by atoms with Crippen molar-refractivity contribution in [1.82, 2.24) is 4.90 Å². The fourth-order valence-electron chi connectivity index (χ4n) is 1.72. The van der Waals surface area contributed by atoms with Crippen LogP contribution in [0.5, 0.6) is 0 Å². The van der Waals surface area contributed by atoms with Crippen LogP contribution in [0.2, 0.25) is 0 Å². The molecule has 0 N–H and O–H groups in total. The number of likely N-dealkylation sites (N-methyl/N-ethyl adjacent to an activating group) is 1. The molecule has 1 amide bonds. The highest BCUT2D eigenvalue weighted by Gasteiger charge is 2.27. The standard InChI is InChI=1S/C14H17NO4/c1-10(16)12(9-13(17)19-3)15(2)14(18)11-7-5-4-6-8-11/h4-8,12H,9H2,1-3H3. The number of esters is 1. The maximum atomic E-state index is 12.2. The Bertz CT molecular complexity index is 470. The van der Waals surface area contributed by atoms with Crippen molar-refractivity contribution in [3.05, 3.63) is 35.9 Å². The molecule has 1 atom stereocenters. The number of ketones is 1. The van der Waals surface area contributed by atoms with Crippen LogP contribution in [0.4, 0.5) is 0 Å². The molecule has 5 nitrogen and oxygen atoms in total. The first-order chi connectivity index (χ1) is 8.97. The monoisotopic (exact) mass is 263 g/mol. The van der Waals surface area contributed by atoms with Crippen molar-refractivity contribution < 1.29 is 19.1 Å². The van der Waals surface area contributed by atoms with E-state index in [9.17, 15) is 14.4 Å². The SMILES string of the molecule is COC(=O)CC(C(C)=O)N(C)C(=O)c1ccccc1. The van der Waals surface area contributed by atoms with Crippen molar-refractivity contribution in [3.63, 3.8) is 0 Å². The molecule has 1 unspecified atom stereocenters. The average molecular weight is 263 g/mol. The number of hydrogen-bond donors (Lipinski definition) is 0. The Hall–Kier alpha value is -2.17. The Morgan fingerprint density at radius 2 is 1.79 bits per heavy atom. The summed E-state index contributed by atoms with van der Waals surface area (Å²) in [5.41, 5.74) is 0.473. The molecule has 1 rings (SSSR count). The third-order valence-corrected chi connectivity index (χ3v) is 2.87. The number of carbonyl (C=O) groups excluding carboxylic acids is 3. The first kappa shape index (κ1) is 14.9. The summed E-state index contributed by atoms with van der Waals surface area (Å²) in [4.78, 5) is 36.3. The van der Waals surface area contributed by atoms with E-state index in [0.717, 1.165) is 0 Å². The molecule has 0 fully saturated rings. The molecule has 5 heteroatoms. The minimum Gasteiger partial charge on any atom is -0.469 e. The van der Waals surface area contributed by atoms with Crippen LogP contribution in [0.25, 0.3) is 0 Å². The molecule has 0 aliphatic rings. The minimum atomic E-state index is -0.805. The van der Waals surface area contributed by atoms with Crippen LogP contribution in [-0.2, 0) is 14.3 Å². The van der Waals surface area contributed by atoms with Crippen LogP contribution in [0.3, 0.4) is 0 Å². The number of ether oxygens (including phenoxy) is 1. The van der Waals surface area contributed by atoms with Gasteiger partial charge in [-0.1, -0.05) is 18.2 Å². The quantitative estimate of drug-likeness (QED) is 0.751. The maximum absolute atomic E-state index is 12.2. The van der Waals surface area contributed by atoms with E-state index < -0.39 is 12.0 Å². The summed E-state index contributed by atoms with van der Waals surface area (Å²) >= 11 is 0. The van der Waals surface area contributed by atoms with Crippen molar-refractivity contribution in [2.75, 3.05) is 14.2 Å². The average Bonchev–Trinajstić information content (AvgIpc) is 2.43. The number of Topliss-reactive ketones (excluding diaryl/α,β-unsaturated/α-hetero) is 1.